The predicted octanol–water partition coefficient (Wildman–Crippen LogP) is 2.93. The molecule has 3 atom stereocenters. The number of nitrogens with one attached hydrogen (secondary N) is 1. The van der Waals surface area contributed by atoms with Gasteiger partial charge in [-0.25, -0.2) is 4.79 Å². The van der Waals surface area contributed by atoms with Crippen molar-refractivity contribution in [3.05, 3.63) is 66.0 Å². The van der Waals surface area contributed by atoms with Crippen LogP contribution in [-0.4, -0.2) is 47.6 Å². The molecule has 1 aliphatic carbocycles. The maximum absolute atomic E-state index is 13.3. The summed E-state index contributed by atoms with van der Waals surface area (Å²) in [4.78, 5) is 31.5. The minimum atomic E-state index is -0.624. The van der Waals surface area contributed by atoms with Gasteiger partial charge in [-0.2, -0.15) is 0 Å². The number of fused-ring (bicyclic) bond motifs is 1. The van der Waals surface area contributed by atoms with Gasteiger partial charge in [0.25, 0.3) is 0 Å². The van der Waals surface area contributed by atoms with E-state index in [1.807, 2.05) is 47.5 Å². The van der Waals surface area contributed by atoms with Crippen LogP contribution in [0.25, 0.3) is 0 Å². The van der Waals surface area contributed by atoms with Crippen molar-refractivity contribution >= 4 is 12.0 Å². The predicted molar refractivity (Wildman–Crippen MR) is 109 cm³/mol. The molecule has 6 heteroatoms. The molecular weight excluding hydrogens is 366 g/mol. The van der Waals surface area contributed by atoms with Crippen molar-refractivity contribution in [3.8, 4) is 0 Å². The number of rotatable bonds is 6. The van der Waals surface area contributed by atoms with Gasteiger partial charge in [-0.05, 0) is 42.9 Å². The van der Waals surface area contributed by atoms with Gasteiger partial charge in [0.05, 0.1) is 6.61 Å². The average molecular weight is 393 g/mol. The average Bonchev–Trinajstić information content (AvgIpc) is 3.49. The fraction of sp³-hybridized carbons (Fsp3) is 0.435. The Balaban J connectivity index is 1.44. The lowest BCUT2D eigenvalue weighted by Crippen LogP contribution is -2.52. The van der Waals surface area contributed by atoms with Crippen LogP contribution >= 0.6 is 0 Å². The van der Waals surface area contributed by atoms with Gasteiger partial charge < -0.3 is 15.0 Å². The van der Waals surface area contributed by atoms with Crippen LogP contribution in [0.5, 0.6) is 0 Å². The van der Waals surface area contributed by atoms with Crippen molar-refractivity contribution in [2.45, 2.75) is 37.6 Å². The number of aromatic nitrogens is 1. The van der Waals surface area contributed by atoms with E-state index < -0.39 is 12.1 Å². The monoisotopic (exact) mass is 393 g/mol. The van der Waals surface area contributed by atoms with Crippen LogP contribution < -0.4 is 5.32 Å². The van der Waals surface area contributed by atoms with Crippen LogP contribution in [0.1, 0.15) is 30.9 Å². The van der Waals surface area contributed by atoms with Crippen LogP contribution in [0, 0.1) is 5.92 Å². The molecule has 0 spiro atoms. The zero-order valence-electron chi connectivity index (χ0n) is 16.7. The summed E-state index contributed by atoms with van der Waals surface area (Å²) in [7, 11) is 0. The highest BCUT2D eigenvalue weighted by Crippen LogP contribution is 2.59. The van der Waals surface area contributed by atoms with Crippen molar-refractivity contribution in [2.75, 3.05) is 19.7 Å². The maximum Gasteiger partial charge on any atom is 0.407 e. The second-order valence-corrected chi connectivity index (χ2v) is 7.94. The first kappa shape index (κ1) is 19.4. The smallest absolute Gasteiger partial charge is 0.407 e. The molecule has 1 aromatic carbocycles. The Morgan fingerprint density at radius 1 is 1.28 bits per heavy atom. The van der Waals surface area contributed by atoms with Crippen molar-refractivity contribution in [3.63, 3.8) is 0 Å². The van der Waals surface area contributed by atoms with Crippen molar-refractivity contribution in [1.82, 2.24) is 15.2 Å². The van der Waals surface area contributed by atoms with Crippen molar-refractivity contribution < 1.29 is 14.3 Å². The molecule has 0 bridgehead atoms. The van der Waals surface area contributed by atoms with E-state index in [0.29, 0.717) is 18.9 Å². The lowest BCUT2D eigenvalue weighted by atomic mass is 9.88. The molecule has 0 radical (unpaired) electrons. The summed E-state index contributed by atoms with van der Waals surface area (Å²) in [6.45, 7) is 3.45. The molecule has 1 saturated heterocycles. The lowest BCUT2D eigenvalue weighted by Gasteiger charge is -2.34. The lowest BCUT2D eigenvalue weighted by molar-refractivity contribution is -0.134. The number of amides is 2. The Hall–Kier alpha value is -2.89. The van der Waals surface area contributed by atoms with E-state index in [4.69, 9.17) is 4.74 Å². The topological polar surface area (TPSA) is 71.5 Å². The minimum absolute atomic E-state index is 0.0337. The highest BCUT2D eigenvalue weighted by molar-refractivity contribution is 5.86. The summed E-state index contributed by atoms with van der Waals surface area (Å²) in [6.07, 6.45) is 5.69. The van der Waals surface area contributed by atoms with E-state index in [1.165, 1.54) is 5.56 Å². The fourth-order valence-electron chi connectivity index (χ4n) is 4.56. The van der Waals surface area contributed by atoms with Gasteiger partial charge in [-0.15, -0.1) is 0 Å². The molecule has 1 saturated carbocycles. The summed E-state index contributed by atoms with van der Waals surface area (Å²) in [5.74, 6) is 0.429. The number of hydrogen-bond acceptors (Lipinski definition) is 4. The van der Waals surface area contributed by atoms with E-state index in [-0.39, 0.29) is 17.9 Å². The third kappa shape index (κ3) is 4.11. The largest absolute Gasteiger partial charge is 0.450 e. The van der Waals surface area contributed by atoms with Crippen molar-refractivity contribution in [1.29, 1.82) is 0 Å². The zero-order valence-corrected chi connectivity index (χ0v) is 16.7. The second-order valence-electron chi connectivity index (χ2n) is 7.94. The highest BCUT2D eigenvalue weighted by Gasteiger charge is 2.58. The molecular formula is C23H27N3O3. The first-order valence-corrected chi connectivity index (χ1v) is 10.3. The number of carbonyl (C=O) groups excluding carboxylic acids is 2. The number of hydrogen-bond donors (Lipinski definition) is 1. The molecule has 2 aliphatic rings. The molecule has 29 heavy (non-hydrogen) atoms. The Labute approximate surface area is 171 Å². The number of benzene rings is 1. The number of piperidine rings is 1. The van der Waals surface area contributed by atoms with E-state index in [2.05, 4.69) is 16.4 Å². The van der Waals surface area contributed by atoms with Gasteiger partial charge in [0.1, 0.15) is 6.04 Å². The first-order chi connectivity index (χ1) is 14.1. The van der Waals surface area contributed by atoms with E-state index in [0.717, 1.165) is 24.9 Å². The van der Waals surface area contributed by atoms with Crippen molar-refractivity contribution in [2.24, 2.45) is 5.92 Å². The number of nitrogens with zero attached hydrogens (tertiary/aromatic N) is 2. The Kier molecular flexibility index (Phi) is 5.51. The molecule has 1 aromatic heterocycles. The Bertz CT molecular complexity index is 858. The van der Waals surface area contributed by atoms with Gasteiger partial charge in [-0.1, -0.05) is 36.4 Å². The zero-order chi connectivity index (χ0) is 20.3. The molecule has 4 rings (SSSR count). The van der Waals surface area contributed by atoms with Crippen LogP contribution in [0.4, 0.5) is 4.79 Å². The first-order valence-electron chi connectivity index (χ1n) is 10.3. The quantitative estimate of drug-likeness (QED) is 0.819. The number of ether oxygens (including phenoxy) is 1. The van der Waals surface area contributed by atoms with E-state index in [9.17, 15) is 9.59 Å². The molecule has 152 valence electrons. The summed E-state index contributed by atoms with van der Waals surface area (Å²) in [5, 5.41) is 2.77. The SMILES string of the molecule is CCOC(=O)N[C@H](Cc1ccccc1)C(=O)N1CCC2(c3cccnc3)CC2C1. The van der Waals surface area contributed by atoms with Crippen LogP contribution in [0.15, 0.2) is 54.9 Å². The molecule has 2 aromatic rings. The number of alkyl carbamates (subject to hydrolysis) is 1. The molecule has 1 N–H and O–H groups in total. The highest BCUT2D eigenvalue weighted by atomic mass is 16.5. The van der Waals surface area contributed by atoms with E-state index >= 15 is 0 Å². The van der Waals surface area contributed by atoms with Gasteiger partial charge >= 0.3 is 6.09 Å². The van der Waals surface area contributed by atoms with Gasteiger partial charge in [0.2, 0.25) is 5.91 Å². The molecule has 1 aliphatic heterocycles. The summed E-state index contributed by atoms with van der Waals surface area (Å²) < 4.78 is 5.02. The third-order valence-electron chi connectivity index (χ3n) is 6.20. The summed E-state index contributed by atoms with van der Waals surface area (Å²) in [5.41, 5.74) is 2.47. The summed E-state index contributed by atoms with van der Waals surface area (Å²) in [6, 6.07) is 13.3. The molecule has 2 unspecified atom stereocenters. The van der Waals surface area contributed by atoms with Crippen LogP contribution in [-0.2, 0) is 21.4 Å². The second kappa shape index (κ2) is 8.23. The van der Waals surface area contributed by atoms with E-state index in [1.54, 1.807) is 13.1 Å². The number of pyridine rings is 1. The van der Waals surface area contributed by atoms with Gasteiger partial charge in [-0.3, -0.25) is 9.78 Å². The minimum Gasteiger partial charge on any atom is -0.450 e. The Morgan fingerprint density at radius 2 is 2.10 bits per heavy atom. The van der Waals surface area contributed by atoms with Crippen LogP contribution in [0.2, 0.25) is 0 Å². The molecule has 2 heterocycles. The molecule has 6 nitrogen and oxygen atoms in total. The number of carbonyl (C=O) groups is 2. The van der Waals surface area contributed by atoms with Crippen LogP contribution in [0.3, 0.4) is 0 Å². The summed E-state index contributed by atoms with van der Waals surface area (Å²) >= 11 is 0. The third-order valence-corrected chi connectivity index (χ3v) is 6.20. The molecule has 2 amide bonds. The standard InChI is InChI=1S/C23H27N3O3/c1-2-29-22(28)25-20(13-17-7-4-3-5-8-17)21(27)26-12-10-23(14-19(23)16-26)18-9-6-11-24-15-18/h3-9,11,15,19-20H,2,10,12-14,16H2,1H3,(H,25,28)/t19?,20-,23?/m1/s1. The number of likely N-dealkylation sites (tertiary alicyclic amines) is 1. The van der Waals surface area contributed by atoms with Gasteiger partial charge in [0, 0.05) is 37.3 Å². The maximum atomic E-state index is 13.3. The Morgan fingerprint density at radius 3 is 2.79 bits per heavy atom. The fourth-order valence-corrected chi connectivity index (χ4v) is 4.56. The molecule has 2 fully saturated rings. The normalized spacial score (nSPS) is 23.6. The van der Waals surface area contributed by atoms with Gasteiger partial charge in [0.15, 0.2) is 0 Å².